The van der Waals surface area contributed by atoms with Crippen molar-refractivity contribution in [2.24, 2.45) is 0 Å². The number of carbonyl (C=O) groups excluding carboxylic acids is 1. The predicted molar refractivity (Wildman–Crippen MR) is 106 cm³/mol. The van der Waals surface area contributed by atoms with Crippen LogP contribution in [0.15, 0.2) is 66.9 Å². The van der Waals surface area contributed by atoms with Gasteiger partial charge < -0.3 is 4.90 Å². The van der Waals surface area contributed by atoms with Crippen molar-refractivity contribution in [3.63, 3.8) is 0 Å². The van der Waals surface area contributed by atoms with Crippen LogP contribution in [0.2, 0.25) is 0 Å². The topological polar surface area (TPSA) is 46.1 Å². The van der Waals surface area contributed by atoms with Gasteiger partial charge in [0, 0.05) is 42.2 Å². The summed E-state index contributed by atoms with van der Waals surface area (Å²) >= 11 is 0. The number of amides is 1. The summed E-state index contributed by atoms with van der Waals surface area (Å²) in [6, 6.07) is 17.9. The third kappa shape index (κ3) is 4.25. The lowest BCUT2D eigenvalue weighted by Crippen LogP contribution is -2.40. The van der Waals surface area contributed by atoms with Crippen molar-refractivity contribution in [3.05, 3.63) is 84.1 Å². The molecule has 1 amide bonds. The van der Waals surface area contributed by atoms with Gasteiger partial charge in [0.05, 0.1) is 12.1 Å². The number of likely N-dealkylation sites (tertiary alicyclic amines) is 1. The molecule has 28 heavy (non-hydrogen) atoms. The molecule has 0 bridgehead atoms. The van der Waals surface area contributed by atoms with Crippen molar-refractivity contribution in [1.29, 1.82) is 0 Å². The maximum atomic E-state index is 13.2. The van der Waals surface area contributed by atoms with Crippen LogP contribution in [0.1, 0.15) is 30.1 Å². The lowest BCUT2D eigenvalue weighted by molar-refractivity contribution is -0.131. The predicted octanol–water partition coefficient (Wildman–Crippen LogP) is 4.23. The molecular formula is C23H22FN3O. The lowest BCUT2D eigenvalue weighted by atomic mass is 9.93. The summed E-state index contributed by atoms with van der Waals surface area (Å²) in [5.41, 5.74) is 3.50. The second-order valence-corrected chi connectivity index (χ2v) is 7.13. The minimum atomic E-state index is -0.255. The lowest BCUT2D eigenvalue weighted by Gasteiger charge is -2.32. The van der Waals surface area contributed by atoms with Crippen molar-refractivity contribution in [1.82, 2.24) is 14.9 Å². The molecule has 0 aliphatic carbocycles. The Morgan fingerprint density at radius 1 is 1.07 bits per heavy atom. The molecule has 3 aromatic rings. The molecule has 1 aromatic carbocycles. The summed E-state index contributed by atoms with van der Waals surface area (Å²) in [7, 11) is 0. The first-order valence-electron chi connectivity index (χ1n) is 9.59. The van der Waals surface area contributed by atoms with Crippen LogP contribution in [0.5, 0.6) is 0 Å². The highest BCUT2D eigenvalue weighted by Crippen LogP contribution is 2.28. The van der Waals surface area contributed by atoms with Crippen molar-refractivity contribution in [2.45, 2.75) is 25.2 Å². The minimum Gasteiger partial charge on any atom is -0.342 e. The van der Waals surface area contributed by atoms with Gasteiger partial charge in [-0.3, -0.25) is 14.8 Å². The molecule has 4 nitrogen and oxygen atoms in total. The van der Waals surface area contributed by atoms with Gasteiger partial charge in [-0.2, -0.15) is 0 Å². The minimum absolute atomic E-state index is 0.109. The summed E-state index contributed by atoms with van der Waals surface area (Å²) < 4.78 is 13.2. The van der Waals surface area contributed by atoms with Gasteiger partial charge in [0.2, 0.25) is 5.91 Å². The molecule has 1 saturated heterocycles. The number of halogens is 1. The van der Waals surface area contributed by atoms with Crippen molar-refractivity contribution in [3.8, 4) is 11.3 Å². The summed E-state index contributed by atoms with van der Waals surface area (Å²) in [6.07, 6.45) is 4.01. The van der Waals surface area contributed by atoms with Crippen molar-refractivity contribution < 1.29 is 9.18 Å². The molecule has 1 unspecified atom stereocenters. The van der Waals surface area contributed by atoms with E-state index < -0.39 is 0 Å². The maximum Gasteiger partial charge on any atom is 0.228 e. The van der Waals surface area contributed by atoms with E-state index in [1.807, 2.05) is 41.3 Å². The largest absolute Gasteiger partial charge is 0.342 e. The SMILES string of the molecule is O=C(Cc1ccccn1)N1CCCC(c2cccc(-c3ccc(F)cc3)n2)C1. The fourth-order valence-electron chi connectivity index (χ4n) is 3.67. The molecule has 1 atom stereocenters. The van der Waals surface area contributed by atoms with E-state index in [2.05, 4.69) is 4.98 Å². The van der Waals surface area contributed by atoms with E-state index in [-0.39, 0.29) is 17.6 Å². The maximum absolute atomic E-state index is 13.2. The van der Waals surface area contributed by atoms with E-state index >= 15 is 0 Å². The normalized spacial score (nSPS) is 16.8. The summed E-state index contributed by atoms with van der Waals surface area (Å²) in [4.78, 5) is 23.7. The Hall–Kier alpha value is -3.08. The molecule has 3 heterocycles. The van der Waals surface area contributed by atoms with Gasteiger partial charge in [-0.1, -0.05) is 12.1 Å². The van der Waals surface area contributed by atoms with E-state index in [0.717, 1.165) is 42.0 Å². The van der Waals surface area contributed by atoms with Gasteiger partial charge in [0.25, 0.3) is 0 Å². The zero-order valence-corrected chi connectivity index (χ0v) is 15.6. The average molecular weight is 375 g/mol. The van der Waals surface area contributed by atoms with Gasteiger partial charge in [-0.25, -0.2) is 4.39 Å². The molecule has 0 spiro atoms. The zero-order valence-electron chi connectivity index (χ0n) is 15.6. The first kappa shape index (κ1) is 18.3. The number of benzene rings is 1. The quantitative estimate of drug-likeness (QED) is 0.685. The Balaban J connectivity index is 1.48. The van der Waals surface area contributed by atoms with Crippen LogP contribution in [0.25, 0.3) is 11.3 Å². The Kier molecular flexibility index (Phi) is 5.42. The fraction of sp³-hybridized carbons (Fsp3) is 0.261. The van der Waals surface area contributed by atoms with Gasteiger partial charge in [0.15, 0.2) is 0 Å². The van der Waals surface area contributed by atoms with Gasteiger partial charge in [-0.15, -0.1) is 0 Å². The van der Waals surface area contributed by atoms with Crippen LogP contribution in [0.3, 0.4) is 0 Å². The van der Waals surface area contributed by atoms with Crippen LogP contribution in [-0.2, 0) is 11.2 Å². The Bertz CT molecular complexity index is 944. The second-order valence-electron chi connectivity index (χ2n) is 7.13. The van der Waals surface area contributed by atoms with Crippen LogP contribution < -0.4 is 0 Å². The highest BCUT2D eigenvalue weighted by Gasteiger charge is 2.26. The van der Waals surface area contributed by atoms with Gasteiger partial charge in [0.1, 0.15) is 5.82 Å². The smallest absolute Gasteiger partial charge is 0.228 e. The number of pyridine rings is 2. The molecule has 1 aliphatic heterocycles. The monoisotopic (exact) mass is 375 g/mol. The van der Waals surface area contributed by atoms with Crippen LogP contribution in [-0.4, -0.2) is 33.9 Å². The molecule has 1 aliphatic rings. The summed E-state index contributed by atoms with van der Waals surface area (Å²) in [5, 5.41) is 0. The molecule has 0 N–H and O–H groups in total. The first-order valence-corrected chi connectivity index (χ1v) is 9.59. The molecule has 0 saturated carbocycles. The van der Waals surface area contributed by atoms with Crippen LogP contribution >= 0.6 is 0 Å². The van der Waals surface area contributed by atoms with Gasteiger partial charge in [-0.05, 0) is 61.4 Å². The molecule has 4 rings (SSSR count). The third-order valence-corrected chi connectivity index (χ3v) is 5.16. The van der Waals surface area contributed by atoms with Crippen molar-refractivity contribution >= 4 is 5.91 Å². The number of aromatic nitrogens is 2. The van der Waals surface area contributed by atoms with E-state index in [1.165, 1.54) is 12.1 Å². The molecule has 1 fully saturated rings. The van der Waals surface area contributed by atoms with E-state index in [1.54, 1.807) is 18.3 Å². The van der Waals surface area contributed by atoms with E-state index in [4.69, 9.17) is 4.98 Å². The number of piperidine rings is 1. The average Bonchev–Trinajstić information content (AvgIpc) is 2.75. The highest BCUT2D eigenvalue weighted by atomic mass is 19.1. The summed E-state index contributed by atoms with van der Waals surface area (Å²) in [6.45, 7) is 1.45. The Labute approximate surface area is 164 Å². The van der Waals surface area contributed by atoms with Crippen LogP contribution in [0.4, 0.5) is 4.39 Å². The number of hydrogen-bond acceptors (Lipinski definition) is 3. The molecule has 5 heteroatoms. The van der Waals surface area contributed by atoms with E-state index in [9.17, 15) is 9.18 Å². The second kappa shape index (κ2) is 8.30. The molecule has 0 radical (unpaired) electrons. The van der Waals surface area contributed by atoms with Crippen molar-refractivity contribution in [2.75, 3.05) is 13.1 Å². The van der Waals surface area contributed by atoms with Gasteiger partial charge >= 0.3 is 0 Å². The Morgan fingerprint density at radius 3 is 2.71 bits per heavy atom. The van der Waals surface area contributed by atoms with Crippen LogP contribution in [0, 0.1) is 5.82 Å². The number of hydrogen-bond donors (Lipinski definition) is 0. The first-order chi connectivity index (χ1) is 13.7. The van der Waals surface area contributed by atoms with E-state index in [0.29, 0.717) is 13.0 Å². The number of carbonyl (C=O) groups is 1. The fourth-order valence-corrected chi connectivity index (χ4v) is 3.67. The third-order valence-electron chi connectivity index (χ3n) is 5.16. The zero-order chi connectivity index (χ0) is 19.3. The standard InChI is InChI=1S/C23H22FN3O/c24-19-11-9-17(10-12-19)21-7-3-8-22(26-21)18-5-4-14-27(16-18)23(28)15-20-6-1-2-13-25-20/h1-3,6-13,18H,4-5,14-16H2. The number of nitrogens with zero attached hydrogens (tertiary/aromatic N) is 3. The molecule has 2 aromatic heterocycles. The molecule has 142 valence electrons. The Morgan fingerprint density at radius 2 is 1.93 bits per heavy atom. The molecular weight excluding hydrogens is 353 g/mol. The number of rotatable bonds is 4. The highest BCUT2D eigenvalue weighted by molar-refractivity contribution is 5.78. The summed E-state index contributed by atoms with van der Waals surface area (Å²) in [5.74, 6) is 0.0640.